The van der Waals surface area contributed by atoms with Crippen LogP contribution in [-0.4, -0.2) is 41.2 Å². The predicted molar refractivity (Wildman–Crippen MR) is 107 cm³/mol. The Morgan fingerprint density at radius 1 is 1.29 bits per heavy atom. The molecule has 144 valence electrons. The molecule has 2 N–H and O–H groups in total. The Morgan fingerprint density at radius 3 is 2.71 bits per heavy atom. The van der Waals surface area contributed by atoms with Gasteiger partial charge in [0, 0.05) is 18.5 Å². The van der Waals surface area contributed by atoms with Crippen LogP contribution in [0.25, 0.3) is 22.0 Å². The Labute approximate surface area is 161 Å². The van der Waals surface area contributed by atoms with Crippen molar-refractivity contribution in [2.75, 3.05) is 20.2 Å². The average molecular weight is 379 g/mol. The zero-order chi connectivity index (χ0) is 19.8. The highest BCUT2D eigenvalue weighted by atomic mass is 16.5. The van der Waals surface area contributed by atoms with Gasteiger partial charge in [0.15, 0.2) is 5.69 Å². The molecule has 0 amide bonds. The van der Waals surface area contributed by atoms with E-state index in [9.17, 15) is 14.8 Å². The number of nitrogens with one attached hydrogen (secondary N) is 1. The third kappa shape index (κ3) is 2.93. The lowest BCUT2D eigenvalue weighted by Crippen LogP contribution is -2.27. The van der Waals surface area contributed by atoms with Gasteiger partial charge in [-0.3, -0.25) is 0 Å². The minimum atomic E-state index is -0.351. The summed E-state index contributed by atoms with van der Waals surface area (Å²) in [5.41, 5.74) is 5.42. The van der Waals surface area contributed by atoms with Crippen molar-refractivity contribution in [2.24, 2.45) is 5.18 Å². The molecule has 0 radical (unpaired) electrons. The molecule has 1 aromatic heterocycles. The van der Waals surface area contributed by atoms with Crippen LogP contribution >= 0.6 is 0 Å². The second-order valence-electron chi connectivity index (χ2n) is 7.00. The molecule has 0 fully saturated rings. The van der Waals surface area contributed by atoms with Crippen molar-refractivity contribution in [3.63, 3.8) is 0 Å². The molecule has 0 aliphatic carbocycles. The summed E-state index contributed by atoms with van der Waals surface area (Å²) in [6.45, 7) is 3.73. The second-order valence-corrected chi connectivity index (χ2v) is 7.00. The summed E-state index contributed by atoms with van der Waals surface area (Å²) >= 11 is 0. The number of nitroso groups, excluding NO2 is 1. The first-order valence-electron chi connectivity index (χ1n) is 9.22. The van der Waals surface area contributed by atoms with Gasteiger partial charge in [-0.1, -0.05) is 12.1 Å². The zero-order valence-electron chi connectivity index (χ0n) is 15.8. The van der Waals surface area contributed by atoms with Crippen LogP contribution in [0.1, 0.15) is 28.4 Å². The van der Waals surface area contributed by atoms with Crippen molar-refractivity contribution in [2.45, 2.75) is 19.9 Å². The first-order valence-corrected chi connectivity index (χ1v) is 9.22. The highest BCUT2D eigenvalue weighted by Gasteiger charge is 2.24. The summed E-state index contributed by atoms with van der Waals surface area (Å²) in [5, 5.41) is 13.7. The molecule has 4 rings (SSSR count). The van der Waals surface area contributed by atoms with Crippen LogP contribution < -0.4 is 0 Å². The van der Waals surface area contributed by atoms with Crippen LogP contribution in [0.5, 0.6) is 5.88 Å². The fraction of sp³-hybridized carbons (Fsp3) is 0.286. The number of aromatic hydroxyl groups is 1. The van der Waals surface area contributed by atoms with E-state index in [0.717, 1.165) is 35.2 Å². The van der Waals surface area contributed by atoms with Gasteiger partial charge in [-0.25, -0.2) is 4.79 Å². The van der Waals surface area contributed by atoms with E-state index in [0.29, 0.717) is 24.1 Å². The van der Waals surface area contributed by atoms with Crippen LogP contribution in [0.15, 0.2) is 35.5 Å². The molecule has 2 heterocycles. The molecule has 1 aliphatic rings. The normalized spacial score (nSPS) is 14.1. The average Bonchev–Trinajstić information content (AvgIpc) is 3.03. The van der Waals surface area contributed by atoms with Gasteiger partial charge < -0.3 is 19.7 Å². The monoisotopic (exact) mass is 379 g/mol. The minimum Gasteiger partial charge on any atom is -0.493 e. The number of nitrogens with zero attached hydrogens (tertiary/aromatic N) is 2. The number of hydrogen-bond donors (Lipinski definition) is 2. The maximum Gasteiger partial charge on any atom is 0.338 e. The van der Waals surface area contributed by atoms with E-state index in [1.54, 1.807) is 19.1 Å². The van der Waals surface area contributed by atoms with E-state index in [-0.39, 0.29) is 17.5 Å². The standard InChI is InChI=1S/C21H21N3O4/c1-3-28-21(26)13-6-4-12(5-7-13)15-10-16-18(22-20(25)19(16)23-27)17-11-24(2)9-8-14(15)17/h4-7,10,22,25H,3,8-9,11H2,1-2H3. The van der Waals surface area contributed by atoms with Gasteiger partial charge in [0.2, 0.25) is 5.88 Å². The van der Waals surface area contributed by atoms with Crippen LogP contribution in [0.4, 0.5) is 5.69 Å². The summed E-state index contributed by atoms with van der Waals surface area (Å²) in [7, 11) is 2.04. The van der Waals surface area contributed by atoms with Crippen molar-refractivity contribution >= 4 is 22.6 Å². The number of benzene rings is 2. The largest absolute Gasteiger partial charge is 0.493 e. The van der Waals surface area contributed by atoms with Crippen LogP contribution in [-0.2, 0) is 17.7 Å². The molecular formula is C21H21N3O4. The van der Waals surface area contributed by atoms with Gasteiger partial charge in [0.1, 0.15) is 0 Å². The Balaban J connectivity index is 1.89. The van der Waals surface area contributed by atoms with Crippen molar-refractivity contribution in [1.82, 2.24) is 9.88 Å². The first-order chi connectivity index (χ1) is 13.5. The number of ether oxygens (including phenoxy) is 1. The maximum absolute atomic E-state index is 11.9. The Morgan fingerprint density at radius 2 is 2.04 bits per heavy atom. The molecule has 0 saturated heterocycles. The van der Waals surface area contributed by atoms with Crippen molar-refractivity contribution < 1.29 is 14.6 Å². The molecule has 28 heavy (non-hydrogen) atoms. The number of hydrogen-bond acceptors (Lipinski definition) is 6. The van der Waals surface area contributed by atoms with E-state index in [4.69, 9.17) is 4.74 Å². The summed E-state index contributed by atoms with van der Waals surface area (Å²) in [4.78, 5) is 28.3. The third-order valence-corrected chi connectivity index (χ3v) is 5.24. The molecule has 7 heteroatoms. The van der Waals surface area contributed by atoms with Crippen molar-refractivity contribution in [1.29, 1.82) is 0 Å². The number of aromatic nitrogens is 1. The fourth-order valence-corrected chi connectivity index (χ4v) is 3.88. The molecule has 2 aromatic carbocycles. The molecule has 0 saturated carbocycles. The van der Waals surface area contributed by atoms with E-state index >= 15 is 0 Å². The Hall–Kier alpha value is -3.19. The molecule has 0 atom stereocenters. The number of likely N-dealkylation sites (N-methyl/N-ethyl adjacent to an activating group) is 1. The molecule has 7 nitrogen and oxygen atoms in total. The second kappa shape index (κ2) is 7.09. The SMILES string of the molecule is CCOC(=O)c1ccc(-c2cc3c(N=O)c(O)[nH]c3c3c2CCN(C)C3)cc1. The van der Waals surface area contributed by atoms with Gasteiger partial charge >= 0.3 is 5.97 Å². The third-order valence-electron chi connectivity index (χ3n) is 5.24. The molecular weight excluding hydrogens is 358 g/mol. The molecule has 0 unspecified atom stereocenters. The number of fused-ring (bicyclic) bond motifs is 3. The number of esters is 1. The smallest absolute Gasteiger partial charge is 0.338 e. The van der Waals surface area contributed by atoms with E-state index in [1.165, 1.54) is 5.56 Å². The van der Waals surface area contributed by atoms with E-state index in [2.05, 4.69) is 15.1 Å². The number of carbonyl (C=O) groups is 1. The van der Waals surface area contributed by atoms with Crippen LogP contribution in [0.2, 0.25) is 0 Å². The minimum absolute atomic E-state index is 0.0235. The van der Waals surface area contributed by atoms with Gasteiger partial charge in [-0.15, -0.1) is 4.91 Å². The quantitative estimate of drug-likeness (QED) is 0.526. The molecule has 1 aliphatic heterocycles. The Kier molecular flexibility index (Phi) is 4.60. The molecule has 0 spiro atoms. The topological polar surface area (TPSA) is 95.0 Å². The zero-order valence-corrected chi connectivity index (χ0v) is 15.8. The number of carbonyl (C=O) groups excluding carboxylic acids is 1. The van der Waals surface area contributed by atoms with E-state index in [1.807, 2.05) is 25.2 Å². The molecule has 0 bridgehead atoms. The number of H-pyrrole nitrogens is 1. The molecule has 3 aromatic rings. The highest BCUT2D eigenvalue weighted by molar-refractivity contribution is 6.00. The summed E-state index contributed by atoms with van der Waals surface area (Å²) in [6, 6.07) is 9.14. The maximum atomic E-state index is 11.9. The lowest BCUT2D eigenvalue weighted by atomic mass is 9.88. The number of aromatic amines is 1. The van der Waals surface area contributed by atoms with Crippen LogP contribution in [0, 0.1) is 4.91 Å². The number of rotatable bonds is 4. The van der Waals surface area contributed by atoms with Gasteiger partial charge in [-0.05, 0) is 66.0 Å². The summed E-state index contributed by atoms with van der Waals surface area (Å²) < 4.78 is 5.04. The summed E-state index contributed by atoms with van der Waals surface area (Å²) in [5.74, 6) is -0.564. The lowest BCUT2D eigenvalue weighted by Gasteiger charge is -2.27. The van der Waals surface area contributed by atoms with Crippen LogP contribution in [0.3, 0.4) is 0 Å². The van der Waals surface area contributed by atoms with Gasteiger partial charge in [-0.2, -0.15) is 0 Å². The predicted octanol–water partition coefficient (Wildman–Crippen LogP) is 4.10. The summed E-state index contributed by atoms with van der Waals surface area (Å²) in [6.07, 6.45) is 0.848. The lowest BCUT2D eigenvalue weighted by molar-refractivity contribution is 0.0526. The first kappa shape index (κ1) is 18.2. The Bertz CT molecular complexity index is 1070. The van der Waals surface area contributed by atoms with Crippen molar-refractivity contribution in [3.05, 3.63) is 51.9 Å². The highest BCUT2D eigenvalue weighted by Crippen LogP contribution is 2.42. The van der Waals surface area contributed by atoms with Gasteiger partial charge in [0.25, 0.3) is 0 Å². The fourth-order valence-electron chi connectivity index (χ4n) is 3.88. The van der Waals surface area contributed by atoms with Gasteiger partial charge in [0.05, 0.1) is 17.7 Å². The van der Waals surface area contributed by atoms with E-state index < -0.39 is 0 Å². The van der Waals surface area contributed by atoms with Crippen molar-refractivity contribution in [3.8, 4) is 17.0 Å².